The predicted octanol–water partition coefficient (Wildman–Crippen LogP) is 2.40. The number of aryl methyl sites for hydroxylation is 1. The fourth-order valence-corrected chi connectivity index (χ4v) is 2.66. The molecule has 0 atom stereocenters. The van der Waals surface area contributed by atoms with Gasteiger partial charge in [-0.25, -0.2) is 4.98 Å². The molecular weight excluding hydrogens is 238 g/mol. The zero-order valence-electron chi connectivity index (χ0n) is 10.3. The lowest BCUT2D eigenvalue weighted by Crippen LogP contribution is -2.03. The smallest absolute Gasteiger partial charge is 0.142 e. The van der Waals surface area contributed by atoms with E-state index in [1.54, 1.807) is 12.1 Å². The van der Waals surface area contributed by atoms with Crippen LogP contribution in [0.5, 0.6) is 5.75 Å². The monoisotopic (exact) mass is 251 g/mol. The van der Waals surface area contributed by atoms with E-state index in [9.17, 15) is 10.4 Å². The zero-order valence-corrected chi connectivity index (χ0v) is 10.3. The number of aromatic hydroxyl groups is 1. The molecule has 1 aromatic carbocycles. The van der Waals surface area contributed by atoms with E-state index in [4.69, 9.17) is 5.73 Å². The molecule has 1 aliphatic carbocycles. The first-order chi connectivity index (χ1) is 9.20. The van der Waals surface area contributed by atoms with E-state index in [-0.39, 0.29) is 5.75 Å². The number of nitriles is 1. The molecule has 3 rings (SSSR count). The number of nitrogens with zero attached hydrogens (tertiary/aromatic N) is 2. The quantitative estimate of drug-likeness (QED) is 0.815. The van der Waals surface area contributed by atoms with Crippen LogP contribution in [0.2, 0.25) is 0 Å². The van der Waals surface area contributed by atoms with E-state index in [0.717, 1.165) is 41.6 Å². The van der Waals surface area contributed by atoms with Crippen LogP contribution in [0.3, 0.4) is 0 Å². The van der Waals surface area contributed by atoms with Crippen LogP contribution in [0.4, 0.5) is 5.82 Å². The summed E-state index contributed by atoms with van der Waals surface area (Å²) >= 11 is 0. The molecule has 94 valence electrons. The summed E-state index contributed by atoms with van der Waals surface area (Å²) in [4.78, 5) is 4.33. The fraction of sp³-hybridized carbons (Fsp3) is 0.200. The van der Waals surface area contributed by atoms with Gasteiger partial charge in [-0.05, 0) is 42.5 Å². The molecule has 19 heavy (non-hydrogen) atoms. The van der Waals surface area contributed by atoms with Crippen molar-refractivity contribution in [2.45, 2.75) is 19.3 Å². The van der Waals surface area contributed by atoms with E-state index in [1.165, 1.54) is 0 Å². The third-order valence-electron chi connectivity index (χ3n) is 3.52. The molecule has 0 unspecified atom stereocenters. The Hall–Kier alpha value is -2.54. The second-order valence-corrected chi connectivity index (χ2v) is 4.68. The lowest BCUT2D eigenvalue weighted by molar-refractivity contribution is 0.475. The molecule has 0 spiro atoms. The Kier molecular flexibility index (Phi) is 2.60. The zero-order chi connectivity index (χ0) is 13.4. The van der Waals surface area contributed by atoms with E-state index >= 15 is 0 Å². The molecule has 4 heteroatoms. The highest BCUT2D eigenvalue weighted by molar-refractivity contribution is 5.79. The van der Waals surface area contributed by atoms with Crippen molar-refractivity contribution in [1.82, 2.24) is 4.98 Å². The molecule has 1 aromatic heterocycles. The van der Waals surface area contributed by atoms with Crippen molar-refractivity contribution in [1.29, 1.82) is 5.26 Å². The maximum atomic E-state index is 9.38. The van der Waals surface area contributed by atoms with Gasteiger partial charge in [0.1, 0.15) is 23.2 Å². The second kappa shape index (κ2) is 4.29. The topological polar surface area (TPSA) is 82.9 Å². The van der Waals surface area contributed by atoms with Crippen molar-refractivity contribution < 1.29 is 5.11 Å². The first-order valence-corrected chi connectivity index (χ1v) is 6.21. The Morgan fingerprint density at radius 1 is 1.21 bits per heavy atom. The number of phenols is 1. The molecule has 0 aliphatic heterocycles. The largest absolute Gasteiger partial charge is 0.508 e. The molecular formula is C15H13N3O. The average Bonchev–Trinajstić information content (AvgIpc) is 2.86. The minimum atomic E-state index is 0.209. The standard InChI is InChI=1S/C15H13N3O/c16-8-12-14(9-4-6-10(19)7-5-9)11-2-1-3-13(11)18-15(12)17/h4-7,19H,1-3H2,(H2,17,18). The maximum absolute atomic E-state index is 9.38. The molecule has 0 bridgehead atoms. The molecule has 0 saturated heterocycles. The van der Waals surface area contributed by atoms with Crippen LogP contribution in [0.25, 0.3) is 11.1 Å². The average molecular weight is 251 g/mol. The number of nitrogens with two attached hydrogens (primary N) is 1. The van der Waals surface area contributed by atoms with Crippen molar-refractivity contribution in [2.24, 2.45) is 0 Å². The number of pyridine rings is 1. The van der Waals surface area contributed by atoms with Gasteiger partial charge in [-0.3, -0.25) is 0 Å². The van der Waals surface area contributed by atoms with Gasteiger partial charge in [0.15, 0.2) is 0 Å². The number of fused-ring (bicyclic) bond motifs is 1. The van der Waals surface area contributed by atoms with Crippen molar-refractivity contribution in [3.05, 3.63) is 41.1 Å². The highest BCUT2D eigenvalue weighted by Gasteiger charge is 2.22. The van der Waals surface area contributed by atoms with Crippen molar-refractivity contribution in [2.75, 3.05) is 5.73 Å². The number of hydrogen-bond donors (Lipinski definition) is 2. The van der Waals surface area contributed by atoms with E-state index < -0.39 is 0 Å². The van der Waals surface area contributed by atoms with Crippen LogP contribution in [0.15, 0.2) is 24.3 Å². The Bertz CT molecular complexity index is 683. The molecule has 0 amide bonds. The van der Waals surface area contributed by atoms with E-state index in [0.29, 0.717) is 11.4 Å². The normalized spacial score (nSPS) is 13.0. The molecule has 4 nitrogen and oxygen atoms in total. The van der Waals surface area contributed by atoms with Gasteiger partial charge in [0.2, 0.25) is 0 Å². The first-order valence-electron chi connectivity index (χ1n) is 6.21. The number of benzene rings is 1. The van der Waals surface area contributed by atoms with Gasteiger partial charge in [0, 0.05) is 11.3 Å². The van der Waals surface area contributed by atoms with Gasteiger partial charge >= 0.3 is 0 Å². The van der Waals surface area contributed by atoms with Crippen LogP contribution in [-0.2, 0) is 12.8 Å². The molecule has 0 fully saturated rings. The van der Waals surface area contributed by atoms with Gasteiger partial charge in [0.25, 0.3) is 0 Å². The summed E-state index contributed by atoms with van der Waals surface area (Å²) < 4.78 is 0. The van der Waals surface area contributed by atoms with Crippen LogP contribution in [0.1, 0.15) is 23.2 Å². The van der Waals surface area contributed by atoms with Crippen molar-refractivity contribution >= 4 is 5.82 Å². The summed E-state index contributed by atoms with van der Waals surface area (Å²) in [5.41, 5.74) is 10.2. The summed E-state index contributed by atoms with van der Waals surface area (Å²) in [6.45, 7) is 0. The van der Waals surface area contributed by atoms with Crippen molar-refractivity contribution in [3.8, 4) is 22.9 Å². The molecule has 2 aromatic rings. The number of aromatic nitrogens is 1. The number of hydrogen-bond acceptors (Lipinski definition) is 4. The Balaban J connectivity index is 2.30. The summed E-state index contributed by atoms with van der Waals surface area (Å²) in [7, 11) is 0. The van der Waals surface area contributed by atoms with Crippen LogP contribution >= 0.6 is 0 Å². The minimum Gasteiger partial charge on any atom is -0.508 e. The number of phenolic OH excluding ortho intramolecular Hbond substituents is 1. The predicted molar refractivity (Wildman–Crippen MR) is 72.5 cm³/mol. The molecule has 3 N–H and O–H groups in total. The van der Waals surface area contributed by atoms with Crippen LogP contribution < -0.4 is 5.73 Å². The first kappa shape index (κ1) is 11.5. The van der Waals surface area contributed by atoms with Gasteiger partial charge in [-0.15, -0.1) is 0 Å². The molecule has 0 saturated carbocycles. The minimum absolute atomic E-state index is 0.209. The molecule has 0 radical (unpaired) electrons. The van der Waals surface area contributed by atoms with Gasteiger partial charge in [0.05, 0.1) is 0 Å². The summed E-state index contributed by atoms with van der Waals surface area (Å²) in [6, 6.07) is 9.01. The molecule has 1 aliphatic rings. The Morgan fingerprint density at radius 3 is 2.63 bits per heavy atom. The lowest BCUT2D eigenvalue weighted by atomic mass is 9.95. The van der Waals surface area contributed by atoms with E-state index in [2.05, 4.69) is 11.1 Å². The van der Waals surface area contributed by atoms with Gasteiger partial charge in [-0.2, -0.15) is 5.26 Å². The highest BCUT2D eigenvalue weighted by atomic mass is 16.3. The number of rotatable bonds is 1. The van der Waals surface area contributed by atoms with Gasteiger partial charge < -0.3 is 10.8 Å². The Morgan fingerprint density at radius 2 is 1.95 bits per heavy atom. The summed E-state index contributed by atoms with van der Waals surface area (Å²) in [5.74, 6) is 0.507. The third-order valence-corrected chi connectivity index (χ3v) is 3.52. The van der Waals surface area contributed by atoms with Gasteiger partial charge in [-0.1, -0.05) is 12.1 Å². The third kappa shape index (κ3) is 1.80. The van der Waals surface area contributed by atoms with Crippen LogP contribution in [-0.4, -0.2) is 10.1 Å². The molecule has 1 heterocycles. The van der Waals surface area contributed by atoms with E-state index in [1.807, 2.05) is 12.1 Å². The summed E-state index contributed by atoms with van der Waals surface area (Å²) in [6.07, 6.45) is 2.88. The number of anilines is 1. The second-order valence-electron chi connectivity index (χ2n) is 4.68. The van der Waals surface area contributed by atoms with Crippen LogP contribution in [0, 0.1) is 11.3 Å². The maximum Gasteiger partial charge on any atom is 0.142 e. The highest BCUT2D eigenvalue weighted by Crippen LogP contribution is 2.36. The lowest BCUT2D eigenvalue weighted by Gasteiger charge is -2.12. The van der Waals surface area contributed by atoms with Crippen molar-refractivity contribution in [3.63, 3.8) is 0 Å². The number of nitrogen functional groups attached to an aromatic ring is 1. The summed E-state index contributed by atoms with van der Waals surface area (Å²) in [5, 5.41) is 18.7. The Labute approximate surface area is 111 Å². The fourth-order valence-electron chi connectivity index (χ4n) is 2.66. The SMILES string of the molecule is N#Cc1c(N)nc2c(c1-c1ccc(O)cc1)CCC2.